The summed E-state index contributed by atoms with van der Waals surface area (Å²) in [6.07, 6.45) is 5.17. The number of hydrogen-bond acceptors (Lipinski definition) is 4. The first-order valence-corrected chi connectivity index (χ1v) is 7.97. The van der Waals surface area contributed by atoms with Crippen LogP contribution < -0.4 is 5.32 Å². The van der Waals surface area contributed by atoms with Crippen LogP contribution in [0.2, 0.25) is 0 Å². The van der Waals surface area contributed by atoms with Gasteiger partial charge in [-0.2, -0.15) is 0 Å². The normalized spacial score (nSPS) is 13.0. The van der Waals surface area contributed by atoms with Crippen LogP contribution in [0.1, 0.15) is 20.7 Å². The summed E-state index contributed by atoms with van der Waals surface area (Å²) in [6, 6.07) is 13.7. The lowest BCUT2D eigenvalue weighted by Gasteiger charge is -2.14. The van der Waals surface area contributed by atoms with Gasteiger partial charge in [0.2, 0.25) is 5.91 Å². The molecule has 0 radical (unpaired) electrons. The Balaban J connectivity index is 1.43. The fraction of sp³-hybridized carbons (Fsp3) is 0.0526. The van der Waals surface area contributed by atoms with Crippen molar-refractivity contribution in [2.45, 2.75) is 0 Å². The molecule has 2 heterocycles. The second-order valence-corrected chi connectivity index (χ2v) is 5.81. The average molecular weight is 346 g/mol. The fourth-order valence-electron chi connectivity index (χ4n) is 2.86. The molecule has 26 heavy (non-hydrogen) atoms. The molecule has 1 aliphatic rings. The molecule has 3 aromatic rings. The van der Waals surface area contributed by atoms with Gasteiger partial charge in [0.15, 0.2) is 0 Å². The molecule has 7 heteroatoms. The zero-order valence-electron chi connectivity index (χ0n) is 13.6. The third kappa shape index (κ3) is 2.75. The fourth-order valence-corrected chi connectivity index (χ4v) is 2.86. The van der Waals surface area contributed by atoms with Crippen molar-refractivity contribution >= 4 is 23.4 Å². The maximum atomic E-state index is 12.3. The molecular weight excluding hydrogens is 332 g/mol. The van der Waals surface area contributed by atoms with Crippen molar-refractivity contribution < 1.29 is 14.4 Å². The monoisotopic (exact) mass is 346 g/mol. The summed E-state index contributed by atoms with van der Waals surface area (Å²) in [5.41, 5.74) is 2.14. The summed E-state index contributed by atoms with van der Waals surface area (Å²) >= 11 is 0. The Morgan fingerprint density at radius 1 is 0.962 bits per heavy atom. The van der Waals surface area contributed by atoms with Crippen LogP contribution in [-0.4, -0.2) is 38.7 Å². The second-order valence-electron chi connectivity index (χ2n) is 5.81. The lowest BCUT2D eigenvalue weighted by Crippen LogP contribution is -2.37. The summed E-state index contributed by atoms with van der Waals surface area (Å²) in [6.45, 7) is -0.324. The highest BCUT2D eigenvalue weighted by Crippen LogP contribution is 2.22. The Hall–Kier alpha value is -3.74. The third-order valence-corrected chi connectivity index (χ3v) is 4.13. The highest BCUT2D eigenvalue weighted by molar-refractivity contribution is 6.22. The van der Waals surface area contributed by atoms with Crippen LogP contribution >= 0.6 is 0 Å². The van der Waals surface area contributed by atoms with Gasteiger partial charge in [0.1, 0.15) is 6.54 Å². The molecule has 0 saturated carbocycles. The lowest BCUT2D eigenvalue weighted by molar-refractivity contribution is -0.116. The molecule has 0 saturated heterocycles. The summed E-state index contributed by atoms with van der Waals surface area (Å²) in [4.78, 5) is 41.8. The molecule has 0 spiro atoms. The van der Waals surface area contributed by atoms with Crippen LogP contribution in [0.5, 0.6) is 0 Å². The summed E-state index contributed by atoms with van der Waals surface area (Å²) in [7, 11) is 0. The predicted molar refractivity (Wildman–Crippen MR) is 94.0 cm³/mol. The number of amides is 3. The number of nitrogens with zero attached hydrogens (tertiary/aromatic N) is 3. The standard InChI is InChI=1S/C19H14N4O3/c24-17(11-23-18(25)15-3-1-2-4-16(15)19(23)26)21-13-5-7-14(8-6-13)22-10-9-20-12-22/h1-10,12H,11H2,(H,21,24). The minimum atomic E-state index is -0.448. The van der Waals surface area contributed by atoms with Gasteiger partial charge in [-0.1, -0.05) is 12.1 Å². The van der Waals surface area contributed by atoms with Gasteiger partial charge in [-0.25, -0.2) is 4.98 Å². The number of fused-ring (bicyclic) bond motifs is 1. The van der Waals surface area contributed by atoms with E-state index < -0.39 is 17.7 Å². The minimum Gasteiger partial charge on any atom is -0.325 e. The van der Waals surface area contributed by atoms with Gasteiger partial charge in [-0.15, -0.1) is 0 Å². The molecule has 3 amide bonds. The highest BCUT2D eigenvalue weighted by Gasteiger charge is 2.36. The quantitative estimate of drug-likeness (QED) is 0.733. The SMILES string of the molecule is O=C(CN1C(=O)c2ccccc2C1=O)Nc1ccc(-n2ccnc2)cc1. The zero-order chi connectivity index (χ0) is 18.1. The number of benzene rings is 2. The smallest absolute Gasteiger partial charge is 0.262 e. The van der Waals surface area contributed by atoms with E-state index in [4.69, 9.17) is 0 Å². The zero-order valence-corrected chi connectivity index (χ0v) is 13.6. The van der Waals surface area contributed by atoms with Crippen LogP contribution in [0.4, 0.5) is 5.69 Å². The molecule has 7 nitrogen and oxygen atoms in total. The molecule has 4 rings (SSSR count). The predicted octanol–water partition coefficient (Wildman–Crippen LogP) is 2.11. The van der Waals surface area contributed by atoms with E-state index in [0.717, 1.165) is 10.6 Å². The van der Waals surface area contributed by atoms with Crippen molar-refractivity contribution in [3.05, 3.63) is 78.4 Å². The van der Waals surface area contributed by atoms with Gasteiger partial charge in [0, 0.05) is 23.8 Å². The number of imide groups is 1. The molecule has 0 fully saturated rings. The molecule has 1 N–H and O–H groups in total. The number of carbonyl (C=O) groups excluding carboxylic acids is 3. The van der Waals surface area contributed by atoms with Crippen molar-refractivity contribution in [3.8, 4) is 5.69 Å². The van der Waals surface area contributed by atoms with Crippen molar-refractivity contribution in [2.24, 2.45) is 0 Å². The lowest BCUT2D eigenvalue weighted by atomic mass is 10.1. The van der Waals surface area contributed by atoms with Crippen LogP contribution in [0, 0.1) is 0 Å². The van der Waals surface area contributed by atoms with E-state index in [1.54, 1.807) is 48.9 Å². The molecule has 1 aromatic heterocycles. The molecular formula is C19H14N4O3. The summed E-state index contributed by atoms with van der Waals surface area (Å²) < 4.78 is 1.84. The van der Waals surface area contributed by atoms with Crippen molar-refractivity contribution in [2.75, 3.05) is 11.9 Å². The third-order valence-electron chi connectivity index (χ3n) is 4.13. The van der Waals surface area contributed by atoms with Gasteiger partial charge in [0.25, 0.3) is 11.8 Å². The molecule has 0 unspecified atom stereocenters. The van der Waals surface area contributed by atoms with Gasteiger partial charge in [-0.05, 0) is 36.4 Å². The van der Waals surface area contributed by atoms with Crippen LogP contribution in [0.15, 0.2) is 67.3 Å². The number of hydrogen-bond donors (Lipinski definition) is 1. The van der Waals surface area contributed by atoms with Crippen molar-refractivity contribution in [1.82, 2.24) is 14.5 Å². The van der Waals surface area contributed by atoms with Gasteiger partial charge < -0.3 is 9.88 Å². The molecule has 128 valence electrons. The van der Waals surface area contributed by atoms with E-state index in [1.807, 2.05) is 22.9 Å². The van der Waals surface area contributed by atoms with Crippen LogP contribution in [-0.2, 0) is 4.79 Å². The van der Waals surface area contributed by atoms with Gasteiger partial charge in [-0.3, -0.25) is 19.3 Å². The number of rotatable bonds is 4. The minimum absolute atomic E-state index is 0.324. The maximum Gasteiger partial charge on any atom is 0.262 e. The number of anilines is 1. The second kappa shape index (κ2) is 6.29. The Labute approximate surface area is 148 Å². The van der Waals surface area contributed by atoms with E-state index in [2.05, 4.69) is 10.3 Å². The Kier molecular flexibility index (Phi) is 3.81. The Morgan fingerprint density at radius 3 is 2.19 bits per heavy atom. The number of nitrogens with one attached hydrogen (secondary N) is 1. The average Bonchev–Trinajstić information content (AvgIpc) is 3.27. The first kappa shape index (κ1) is 15.8. The van der Waals surface area contributed by atoms with E-state index in [1.165, 1.54) is 0 Å². The van der Waals surface area contributed by atoms with Crippen LogP contribution in [0.25, 0.3) is 5.69 Å². The number of carbonyl (C=O) groups is 3. The summed E-state index contributed by atoms with van der Waals surface area (Å²) in [5.74, 6) is -1.33. The molecule has 0 aliphatic carbocycles. The Morgan fingerprint density at radius 2 is 1.62 bits per heavy atom. The van der Waals surface area contributed by atoms with E-state index in [-0.39, 0.29) is 6.54 Å². The highest BCUT2D eigenvalue weighted by atomic mass is 16.2. The number of aromatic nitrogens is 2. The van der Waals surface area contributed by atoms with Crippen molar-refractivity contribution in [1.29, 1.82) is 0 Å². The van der Waals surface area contributed by atoms with Gasteiger partial charge in [0.05, 0.1) is 17.5 Å². The van der Waals surface area contributed by atoms with E-state index in [9.17, 15) is 14.4 Å². The topological polar surface area (TPSA) is 84.3 Å². The molecule has 0 bridgehead atoms. The molecule has 0 atom stereocenters. The first-order valence-electron chi connectivity index (χ1n) is 7.97. The van der Waals surface area contributed by atoms with E-state index >= 15 is 0 Å². The van der Waals surface area contributed by atoms with Crippen LogP contribution in [0.3, 0.4) is 0 Å². The number of imidazole rings is 1. The molecule has 2 aromatic carbocycles. The van der Waals surface area contributed by atoms with Crippen molar-refractivity contribution in [3.63, 3.8) is 0 Å². The maximum absolute atomic E-state index is 12.3. The first-order chi connectivity index (χ1) is 12.6. The molecule has 1 aliphatic heterocycles. The van der Waals surface area contributed by atoms with E-state index in [0.29, 0.717) is 16.8 Å². The van der Waals surface area contributed by atoms with Gasteiger partial charge >= 0.3 is 0 Å². The summed E-state index contributed by atoms with van der Waals surface area (Å²) in [5, 5.41) is 2.70. The largest absolute Gasteiger partial charge is 0.325 e. The Bertz CT molecular complexity index is 959.